The Balaban J connectivity index is 2.67. The molecule has 0 spiro atoms. The van der Waals surface area contributed by atoms with Gasteiger partial charge >= 0.3 is 6.36 Å². The second-order valence-electron chi connectivity index (χ2n) is 3.63. The minimum atomic E-state index is -4.77. The molecule has 0 aliphatic carbocycles. The van der Waals surface area contributed by atoms with E-state index in [1.54, 1.807) is 6.07 Å². The minimum absolute atomic E-state index is 0.0112. The van der Waals surface area contributed by atoms with E-state index in [0.29, 0.717) is 19.8 Å². The Hall–Kier alpha value is -1.96. The summed E-state index contributed by atoms with van der Waals surface area (Å²) in [4.78, 5) is 3.92. The SMILES string of the molecule is CCOCCN=C(N)Nc1ccccc1OC(F)(F)F. The van der Waals surface area contributed by atoms with E-state index in [4.69, 9.17) is 10.5 Å². The summed E-state index contributed by atoms with van der Waals surface area (Å²) < 4.78 is 45.6. The predicted molar refractivity (Wildman–Crippen MR) is 69.7 cm³/mol. The van der Waals surface area contributed by atoms with Crippen molar-refractivity contribution < 1.29 is 22.6 Å². The van der Waals surface area contributed by atoms with Crippen LogP contribution in [-0.4, -0.2) is 32.1 Å². The highest BCUT2D eigenvalue weighted by molar-refractivity contribution is 5.93. The van der Waals surface area contributed by atoms with Crippen molar-refractivity contribution in [1.82, 2.24) is 0 Å². The molecule has 8 heteroatoms. The number of benzene rings is 1. The van der Waals surface area contributed by atoms with Crippen molar-refractivity contribution >= 4 is 11.6 Å². The summed E-state index contributed by atoms with van der Waals surface area (Å²) >= 11 is 0. The fourth-order valence-corrected chi connectivity index (χ4v) is 1.34. The molecule has 0 heterocycles. The number of ether oxygens (including phenoxy) is 2. The van der Waals surface area contributed by atoms with Gasteiger partial charge in [-0.2, -0.15) is 0 Å². The zero-order chi connectivity index (χ0) is 15.0. The number of halogens is 3. The molecule has 112 valence electrons. The predicted octanol–water partition coefficient (Wildman–Crippen LogP) is 2.35. The number of anilines is 1. The minimum Gasteiger partial charge on any atom is -0.404 e. The molecule has 0 aliphatic heterocycles. The molecular weight excluding hydrogens is 275 g/mol. The van der Waals surface area contributed by atoms with E-state index in [-0.39, 0.29) is 17.4 Å². The Bertz CT molecular complexity index is 450. The van der Waals surface area contributed by atoms with Crippen molar-refractivity contribution in [3.8, 4) is 5.75 Å². The van der Waals surface area contributed by atoms with Crippen LogP contribution in [0, 0.1) is 0 Å². The van der Waals surface area contributed by atoms with Crippen molar-refractivity contribution in [3.05, 3.63) is 24.3 Å². The largest absolute Gasteiger partial charge is 0.573 e. The first-order chi connectivity index (χ1) is 9.42. The lowest BCUT2D eigenvalue weighted by Gasteiger charge is -2.14. The van der Waals surface area contributed by atoms with Crippen LogP contribution in [0.2, 0.25) is 0 Å². The van der Waals surface area contributed by atoms with Crippen molar-refractivity contribution in [1.29, 1.82) is 0 Å². The van der Waals surface area contributed by atoms with Gasteiger partial charge in [-0.1, -0.05) is 12.1 Å². The summed E-state index contributed by atoms with van der Waals surface area (Å²) in [5.41, 5.74) is 5.65. The topological polar surface area (TPSA) is 68.9 Å². The number of hydrogen-bond donors (Lipinski definition) is 2. The van der Waals surface area contributed by atoms with Gasteiger partial charge in [-0.15, -0.1) is 13.2 Å². The van der Waals surface area contributed by atoms with Crippen LogP contribution in [0.25, 0.3) is 0 Å². The monoisotopic (exact) mass is 291 g/mol. The first-order valence-corrected chi connectivity index (χ1v) is 5.92. The number of rotatable bonds is 6. The van der Waals surface area contributed by atoms with Gasteiger partial charge in [-0.25, -0.2) is 0 Å². The normalized spacial score (nSPS) is 12.3. The molecule has 3 N–H and O–H groups in total. The Morgan fingerprint density at radius 3 is 2.70 bits per heavy atom. The van der Waals surface area contributed by atoms with Crippen molar-refractivity contribution in [2.45, 2.75) is 13.3 Å². The van der Waals surface area contributed by atoms with E-state index in [2.05, 4.69) is 15.0 Å². The first kappa shape index (κ1) is 16.1. The smallest absolute Gasteiger partial charge is 0.404 e. The third-order valence-electron chi connectivity index (χ3n) is 2.10. The molecule has 1 aromatic rings. The fraction of sp³-hybridized carbons (Fsp3) is 0.417. The van der Waals surface area contributed by atoms with Gasteiger partial charge in [0, 0.05) is 6.61 Å². The highest BCUT2D eigenvalue weighted by Gasteiger charge is 2.32. The van der Waals surface area contributed by atoms with E-state index < -0.39 is 6.36 Å². The molecule has 1 rings (SSSR count). The molecule has 20 heavy (non-hydrogen) atoms. The van der Waals surface area contributed by atoms with Gasteiger partial charge in [0.05, 0.1) is 18.8 Å². The molecule has 0 aliphatic rings. The molecule has 5 nitrogen and oxygen atoms in total. The molecular formula is C12H16F3N3O2. The molecule has 1 aromatic carbocycles. The number of para-hydroxylation sites is 2. The number of aliphatic imine (C=N–C) groups is 1. The maximum Gasteiger partial charge on any atom is 0.573 e. The first-order valence-electron chi connectivity index (χ1n) is 5.92. The lowest BCUT2D eigenvalue weighted by molar-refractivity contribution is -0.274. The van der Waals surface area contributed by atoms with E-state index >= 15 is 0 Å². The Morgan fingerprint density at radius 1 is 1.35 bits per heavy atom. The van der Waals surface area contributed by atoms with Crippen molar-refractivity contribution in [2.75, 3.05) is 25.1 Å². The Kier molecular flexibility index (Phi) is 6.10. The lowest BCUT2D eigenvalue weighted by atomic mass is 10.3. The Morgan fingerprint density at radius 2 is 2.05 bits per heavy atom. The number of nitrogens with zero attached hydrogens (tertiary/aromatic N) is 1. The van der Waals surface area contributed by atoms with E-state index in [0.717, 1.165) is 0 Å². The maximum absolute atomic E-state index is 12.2. The van der Waals surface area contributed by atoms with Crippen LogP contribution in [0.1, 0.15) is 6.92 Å². The van der Waals surface area contributed by atoms with Gasteiger partial charge in [0.25, 0.3) is 0 Å². The van der Waals surface area contributed by atoms with E-state index in [9.17, 15) is 13.2 Å². The number of nitrogens with one attached hydrogen (secondary N) is 1. The summed E-state index contributed by atoms with van der Waals surface area (Å²) in [6.45, 7) is 3.11. The molecule has 0 fully saturated rings. The van der Waals surface area contributed by atoms with Crippen LogP contribution in [0.4, 0.5) is 18.9 Å². The van der Waals surface area contributed by atoms with E-state index in [1.807, 2.05) is 6.92 Å². The number of alkyl halides is 3. The van der Waals surface area contributed by atoms with Gasteiger partial charge in [-0.3, -0.25) is 4.99 Å². The number of hydrogen-bond acceptors (Lipinski definition) is 3. The van der Waals surface area contributed by atoms with Crippen molar-refractivity contribution in [3.63, 3.8) is 0 Å². The highest BCUT2D eigenvalue weighted by Crippen LogP contribution is 2.29. The summed E-state index contributed by atoms with van der Waals surface area (Å²) in [6.07, 6.45) is -4.77. The summed E-state index contributed by atoms with van der Waals surface area (Å²) in [5, 5.41) is 2.56. The molecule has 0 atom stereocenters. The molecule has 0 amide bonds. The van der Waals surface area contributed by atoms with Gasteiger partial charge in [0.1, 0.15) is 0 Å². The molecule has 0 unspecified atom stereocenters. The van der Waals surface area contributed by atoms with Gasteiger partial charge in [0.15, 0.2) is 11.7 Å². The van der Waals surface area contributed by atoms with Crippen LogP contribution >= 0.6 is 0 Å². The van der Waals surface area contributed by atoms with Crippen LogP contribution < -0.4 is 15.8 Å². The lowest BCUT2D eigenvalue weighted by Crippen LogP contribution is -2.25. The quantitative estimate of drug-likeness (QED) is 0.479. The third kappa shape index (κ3) is 6.28. The number of nitrogens with two attached hydrogens (primary N) is 1. The summed E-state index contributed by atoms with van der Waals surface area (Å²) in [6, 6.07) is 5.57. The van der Waals surface area contributed by atoms with Crippen LogP contribution in [0.15, 0.2) is 29.3 Å². The fourth-order valence-electron chi connectivity index (χ4n) is 1.34. The average molecular weight is 291 g/mol. The van der Waals surface area contributed by atoms with Crippen molar-refractivity contribution in [2.24, 2.45) is 10.7 Å². The highest BCUT2D eigenvalue weighted by atomic mass is 19.4. The maximum atomic E-state index is 12.2. The molecule has 0 radical (unpaired) electrons. The molecule has 0 saturated carbocycles. The van der Waals surface area contributed by atoms with Crippen LogP contribution in [-0.2, 0) is 4.74 Å². The van der Waals surface area contributed by atoms with Crippen LogP contribution in [0.5, 0.6) is 5.75 Å². The molecule has 0 aromatic heterocycles. The van der Waals surface area contributed by atoms with E-state index in [1.165, 1.54) is 18.2 Å². The number of guanidine groups is 1. The standard InChI is InChI=1S/C12H16F3N3O2/c1-2-19-8-7-17-11(16)18-9-5-3-4-6-10(9)20-12(13,14)15/h3-6H,2,7-8H2,1H3,(H3,16,17,18). The zero-order valence-corrected chi connectivity index (χ0v) is 10.9. The molecule has 0 bridgehead atoms. The molecule has 0 saturated heterocycles. The van der Waals surface area contributed by atoms with Crippen LogP contribution in [0.3, 0.4) is 0 Å². The van der Waals surface area contributed by atoms with Gasteiger partial charge < -0.3 is 20.5 Å². The second-order valence-corrected chi connectivity index (χ2v) is 3.63. The Labute approximate surface area is 114 Å². The summed E-state index contributed by atoms with van der Waals surface area (Å²) in [7, 11) is 0. The van der Waals surface area contributed by atoms with Gasteiger partial charge in [0.2, 0.25) is 0 Å². The zero-order valence-electron chi connectivity index (χ0n) is 10.9. The third-order valence-corrected chi connectivity index (χ3v) is 2.10. The summed E-state index contributed by atoms with van der Waals surface area (Å²) in [5.74, 6) is -0.383. The average Bonchev–Trinajstić information content (AvgIpc) is 2.35. The van der Waals surface area contributed by atoms with Gasteiger partial charge in [-0.05, 0) is 19.1 Å². The second kappa shape index (κ2) is 7.59.